The van der Waals surface area contributed by atoms with Crippen molar-refractivity contribution < 1.29 is 18.0 Å². The van der Waals surface area contributed by atoms with Gasteiger partial charge in [0, 0.05) is 12.6 Å². The lowest BCUT2D eigenvalue weighted by molar-refractivity contribution is -0.139. The highest BCUT2D eigenvalue weighted by atomic mass is 35.5. The lowest BCUT2D eigenvalue weighted by atomic mass is 10.1. The summed E-state index contributed by atoms with van der Waals surface area (Å²) in [7, 11) is -3.89. The quantitative estimate of drug-likeness (QED) is 0.548. The minimum absolute atomic E-state index is 0.0215. The van der Waals surface area contributed by atoms with Gasteiger partial charge in [-0.1, -0.05) is 59.1 Å². The van der Waals surface area contributed by atoms with Crippen molar-refractivity contribution in [3.8, 4) is 0 Å². The van der Waals surface area contributed by atoms with E-state index in [4.69, 9.17) is 23.2 Å². The zero-order valence-corrected chi connectivity index (χ0v) is 21.6. The number of nitrogens with zero attached hydrogens (tertiary/aromatic N) is 2. The van der Waals surface area contributed by atoms with Crippen molar-refractivity contribution in [3.63, 3.8) is 0 Å². The number of sulfonamides is 1. The fourth-order valence-corrected chi connectivity index (χ4v) is 4.58. The van der Waals surface area contributed by atoms with Crippen LogP contribution in [0.25, 0.3) is 0 Å². The van der Waals surface area contributed by atoms with Crippen molar-refractivity contribution in [3.05, 3.63) is 63.6 Å². The Kier molecular flexibility index (Phi) is 9.17. The monoisotopic (exact) mass is 513 g/mol. The van der Waals surface area contributed by atoms with Crippen LogP contribution >= 0.6 is 23.2 Å². The number of hydrogen-bond acceptors (Lipinski definition) is 4. The Labute approximate surface area is 205 Å². The van der Waals surface area contributed by atoms with Gasteiger partial charge in [-0.2, -0.15) is 0 Å². The van der Waals surface area contributed by atoms with Crippen molar-refractivity contribution in [2.24, 2.45) is 0 Å². The summed E-state index contributed by atoms with van der Waals surface area (Å²) in [5, 5.41) is 2.99. The van der Waals surface area contributed by atoms with Gasteiger partial charge in [0.2, 0.25) is 21.8 Å². The molecule has 0 bridgehead atoms. The largest absolute Gasteiger partial charge is 0.352 e. The fraction of sp³-hybridized carbons (Fsp3) is 0.391. The van der Waals surface area contributed by atoms with E-state index < -0.39 is 28.5 Å². The Bertz CT molecular complexity index is 1120. The number of rotatable bonds is 9. The van der Waals surface area contributed by atoms with Crippen molar-refractivity contribution in [1.29, 1.82) is 0 Å². The van der Waals surface area contributed by atoms with Gasteiger partial charge in [0.15, 0.2) is 0 Å². The number of amides is 2. The molecule has 10 heteroatoms. The second-order valence-electron chi connectivity index (χ2n) is 8.19. The molecule has 0 aromatic heterocycles. The average molecular weight is 514 g/mol. The molecule has 0 aliphatic rings. The summed E-state index contributed by atoms with van der Waals surface area (Å²) >= 11 is 12.3. The standard InChI is InChI=1S/C23H29Cl2N3O4S/c1-15(2)26-23(30)17(4)27(13-18-9-6-8-16(3)12-18)21(29)14-28(33(5,31)32)20-11-7-10-19(24)22(20)25/h6-12,15,17H,13-14H2,1-5H3,(H,26,30)/t17-/m0/s1. The van der Waals surface area contributed by atoms with E-state index in [9.17, 15) is 18.0 Å². The maximum absolute atomic E-state index is 13.5. The Morgan fingerprint density at radius 3 is 2.27 bits per heavy atom. The first-order chi connectivity index (χ1) is 15.3. The Hall–Kier alpha value is -2.29. The van der Waals surface area contributed by atoms with Crippen LogP contribution in [-0.2, 0) is 26.2 Å². The number of benzene rings is 2. The average Bonchev–Trinajstić information content (AvgIpc) is 2.70. The highest BCUT2D eigenvalue weighted by Crippen LogP contribution is 2.33. The van der Waals surface area contributed by atoms with E-state index in [2.05, 4.69) is 5.32 Å². The van der Waals surface area contributed by atoms with Gasteiger partial charge in [0.25, 0.3) is 0 Å². The zero-order chi connectivity index (χ0) is 24.9. The molecule has 0 aliphatic carbocycles. The highest BCUT2D eigenvalue weighted by molar-refractivity contribution is 7.92. The van der Waals surface area contributed by atoms with E-state index in [0.29, 0.717) is 0 Å². The molecule has 0 unspecified atom stereocenters. The van der Waals surface area contributed by atoms with Crippen molar-refractivity contribution in [1.82, 2.24) is 10.2 Å². The summed E-state index contributed by atoms with van der Waals surface area (Å²) in [5.74, 6) is -0.887. The van der Waals surface area contributed by atoms with Gasteiger partial charge in [-0.3, -0.25) is 13.9 Å². The fourth-order valence-electron chi connectivity index (χ4n) is 3.27. The second-order valence-corrected chi connectivity index (χ2v) is 10.9. The van der Waals surface area contributed by atoms with Crippen LogP contribution < -0.4 is 9.62 Å². The normalized spacial score (nSPS) is 12.4. The molecule has 1 N–H and O–H groups in total. The van der Waals surface area contributed by atoms with Crippen LogP contribution in [0.15, 0.2) is 42.5 Å². The minimum atomic E-state index is -3.89. The third-order valence-electron chi connectivity index (χ3n) is 4.91. The second kappa shape index (κ2) is 11.2. The highest BCUT2D eigenvalue weighted by Gasteiger charge is 2.31. The number of hydrogen-bond donors (Lipinski definition) is 1. The van der Waals surface area contributed by atoms with Crippen LogP contribution in [-0.4, -0.2) is 50.0 Å². The molecule has 33 heavy (non-hydrogen) atoms. The Balaban J connectivity index is 2.44. The van der Waals surface area contributed by atoms with E-state index >= 15 is 0 Å². The first-order valence-electron chi connectivity index (χ1n) is 10.4. The van der Waals surface area contributed by atoms with E-state index in [1.807, 2.05) is 45.0 Å². The third kappa shape index (κ3) is 7.35. The van der Waals surface area contributed by atoms with Gasteiger partial charge >= 0.3 is 0 Å². The topological polar surface area (TPSA) is 86.8 Å². The van der Waals surface area contributed by atoms with E-state index in [1.165, 1.54) is 17.0 Å². The lowest BCUT2D eigenvalue weighted by Crippen LogP contribution is -2.52. The molecule has 2 aromatic carbocycles. The molecule has 0 spiro atoms. The minimum Gasteiger partial charge on any atom is -0.352 e. The van der Waals surface area contributed by atoms with Crippen molar-refractivity contribution in [2.75, 3.05) is 17.1 Å². The van der Waals surface area contributed by atoms with Gasteiger partial charge in [-0.05, 0) is 45.4 Å². The smallest absolute Gasteiger partial charge is 0.244 e. The molecular formula is C23H29Cl2N3O4S. The van der Waals surface area contributed by atoms with Crippen LogP contribution in [0.5, 0.6) is 0 Å². The Morgan fingerprint density at radius 1 is 1.06 bits per heavy atom. The van der Waals surface area contributed by atoms with Crippen LogP contribution in [0, 0.1) is 6.92 Å². The molecule has 180 valence electrons. The van der Waals surface area contributed by atoms with Gasteiger partial charge < -0.3 is 10.2 Å². The lowest BCUT2D eigenvalue weighted by Gasteiger charge is -2.32. The van der Waals surface area contributed by atoms with E-state index in [0.717, 1.165) is 21.7 Å². The van der Waals surface area contributed by atoms with Crippen LogP contribution in [0.2, 0.25) is 10.0 Å². The van der Waals surface area contributed by atoms with Crippen LogP contribution in [0.3, 0.4) is 0 Å². The Morgan fingerprint density at radius 2 is 1.70 bits per heavy atom. The summed E-state index contributed by atoms with van der Waals surface area (Å²) in [6.07, 6.45) is 0.983. The molecule has 0 saturated heterocycles. The molecule has 0 aliphatic heterocycles. The van der Waals surface area contributed by atoms with E-state index in [-0.39, 0.29) is 34.2 Å². The number of carbonyl (C=O) groups excluding carboxylic acids is 2. The SMILES string of the molecule is Cc1cccc(CN(C(=O)CN(c2cccc(Cl)c2Cl)S(C)(=O)=O)[C@@H](C)C(=O)NC(C)C)c1. The number of anilines is 1. The number of carbonyl (C=O) groups is 2. The third-order valence-corrected chi connectivity index (χ3v) is 6.85. The molecule has 1 atom stereocenters. The zero-order valence-electron chi connectivity index (χ0n) is 19.3. The molecule has 0 radical (unpaired) electrons. The molecule has 0 heterocycles. The molecule has 2 rings (SSSR count). The van der Waals surface area contributed by atoms with Gasteiger partial charge in [0.05, 0.1) is 22.0 Å². The first kappa shape index (κ1) is 27.0. The predicted octanol–water partition coefficient (Wildman–Crippen LogP) is 4.01. The van der Waals surface area contributed by atoms with Crippen LogP contribution in [0.1, 0.15) is 31.9 Å². The van der Waals surface area contributed by atoms with Crippen molar-refractivity contribution >= 4 is 50.7 Å². The van der Waals surface area contributed by atoms with Crippen molar-refractivity contribution in [2.45, 2.75) is 46.3 Å². The van der Waals surface area contributed by atoms with E-state index in [1.54, 1.807) is 13.0 Å². The maximum atomic E-state index is 13.5. The van der Waals surface area contributed by atoms with Gasteiger partial charge in [-0.15, -0.1) is 0 Å². The molecule has 7 nitrogen and oxygen atoms in total. The van der Waals surface area contributed by atoms with Gasteiger partial charge in [0.1, 0.15) is 12.6 Å². The first-order valence-corrected chi connectivity index (χ1v) is 13.0. The molecule has 2 amide bonds. The molecule has 0 fully saturated rings. The molecule has 2 aromatic rings. The number of nitrogens with one attached hydrogen (secondary N) is 1. The number of aryl methyl sites for hydroxylation is 1. The summed E-state index contributed by atoms with van der Waals surface area (Å²) < 4.78 is 26.1. The van der Waals surface area contributed by atoms with Gasteiger partial charge in [-0.25, -0.2) is 8.42 Å². The van der Waals surface area contributed by atoms with Crippen LogP contribution in [0.4, 0.5) is 5.69 Å². The summed E-state index contributed by atoms with van der Waals surface area (Å²) in [6.45, 7) is 6.78. The summed E-state index contributed by atoms with van der Waals surface area (Å²) in [5.41, 5.74) is 1.91. The molecule has 0 saturated carbocycles. The number of halogens is 2. The molecular weight excluding hydrogens is 485 g/mol. The maximum Gasteiger partial charge on any atom is 0.244 e. The summed E-state index contributed by atoms with van der Waals surface area (Å²) in [6, 6.07) is 11.1. The summed E-state index contributed by atoms with van der Waals surface area (Å²) in [4.78, 5) is 27.6. The predicted molar refractivity (Wildman–Crippen MR) is 133 cm³/mol.